The van der Waals surface area contributed by atoms with Crippen LogP contribution < -0.4 is 10.6 Å². The summed E-state index contributed by atoms with van der Waals surface area (Å²) < 4.78 is 5.63. The molecule has 2 amide bonds. The van der Waals surface area contributed by atoms with Gasteiger partial charge in [-0.2, -0.15) is 0 Å². The number of carboxylic acids is 1. The minimum absolute atomic E-state index is 0.00437. The van der Waals surface area contributed by atoms with Gasteiger partial charge in [-0.3, -0.25) is 4.79 Å². The zero-order chi connectivity index (χ0) is 25.4. The Morgan fingerprint density at radius 1 is 0.971 bits per heavy atom. The van der Waals surface area contributed by atoms with Crippen molar-refractivity contribution in [3.63, 3.8) is 0 Å². The summed E-state index contributed by atoms with van der Waals surface area (Å²) in [5.41, 5.74) is 4.58. The fraction of sp³-hybridized carbons (Fsp3) is 0.464. The Balaban J connectivity index is 1.61. The number of benzene rings is 2. The molecule has 2 unspecified atom stereocenters. The van der Waals surface area contributed by atoms with Crippen LogP contribution in [0.15, 0.2) is 48.5 Å². The van der Waals surface area contributed by atoms with E-state index in [4.69, 9.17) is 4.74 Å². The molecule has 2 aromatic rings. The molecule has 0 saturated carbocycles. The second-order valence-electron chi connectivity index (χ2n) is 9.28. The van der Waals surface area contributed by atoms with Crippen LogP contribution in [0.2, 0.25) is 0 Å². The number of carbonyl (C=O) groups is 3. The Labute approximate surface area is 207 Å². The highest BCUT2D eigenvalue weighted by molar-refractivity contribution is 5.84. The van der Waals surface area contributed by atoms with Crippen LogP contribution >= 0.6 is 0 Å². The number of hydrogen-bond acceptors (Lipinski definition) is 4. The highest BCUT2D eigenvalue weighted by atomic mass is 16.5. The minimum Gasteiger partial charge on any atom is -0.480 e. The van der Waals surface area contributed by atoms with Crippen LogP contribution in [-0.2, 0) is 14.3 Å². The van der Waals surface area contributed by atoms with Crippen molar-refractivity contribution in [3.8, 4) is 11.1 Å². The number of hydrogen-bond donors (Lipinski definition) is 3. The van der Waals surface area contributed by atoms with Crippen LogP contribution in [0.1, 0.15) is 69.9 Å². The number of carbonyl (C=O) groups excluding carboxylic acids is 2. The monoisotopic (exact) mass is 480 g/mol. The minimum atomic E-state index is -1.05. The van der Waals surface area contributed by atoms with E-state index in [1.54, 1.807) is 6.92 Å². The second-order valence-corrected chi connectivity index (χ2v) is 9.28. The molecule has 0 bridgehead atoms. The van der Waals surface area contributed by atoms with Gasteiger partial charge in [0.1, 0.15) is 12.6 Å². The van der Waals surface area contributed by atoms with Crippen molar-refractivity contribution >= 4 is 18.0 Å². The van der Waals surface area contributed by atoms with Crippen LogP contribution in [0.5, 0.6) is 0 Å². The van der Waals surface area contributed by atoms with Gasteiger partial charge in [-0.1, -0.05) is 88.6 Å². The van der Waals surface area contributed by atoms with E-state index in [-0.39, 0.29) is 24.9 Å². The number of alkyl carbamates (subject to hydrolysis) is 1. The number of carboxylic acid groups (broad SMARTS) is 1. The lowest BCUT2D eigenvalue weighted by atomic mass is 9.98. The van der Waals surface area contributed by atoms with Crippen molar-refractivity contribution < 1.29 is 24.2 Å². The SMILES string of the molecule is CCCC[C@@H](CC(=O)NC(C(=O)O)C(C)CC)NC(=O)OCC1c2ccccc2-c2ccccc21. The van der Waals surface area contributed by atoms with Crippen molar-refractivity contribution in [1.82, 2.24) is 10.6 Å². The third kappa shape index (κ3) is 6.62. The molecule has 7 nitrogen and oxygen atoms in total. The molecule has 0 fully saturated rings. The average molecular weight is 481 g/mol. The largest absolute Gasteiger partial charge is 0.480 e. The summed E-state index contributed by atoms with van der Waals surface area (Å²) in [6, 6.07) is 14.9. The van der Waals surface area contributed by atoms with Crippen LogP contribution in [-0.4, -0.2) is 41.8 Å². The summed E-state index contributed by atoms with van der Waals surface area (Å²) in [6.45, 7) is 5.91. The zero-order valence-electron chi connectivity index (χ0n) is 20.8. The quantitative estimate of drug-likeness (QED) is 0.392. The molecular weight excluding hydrogens is 444 g/mol. The normalized spacial score (nSPS) is 14.8. The molecule has 1 aliphatic carbocycles. The fourth-order valence-corrected chi connectivity index (χ4v) is 4.62. The van der Waals surface area contributed by atoms with E-state index in [2.05, 4.69) is 34.9 Å². The van der Waals surface area contributed by atoms with E-state index in [0.29, 0.717) is 12.8 Å². The van der Waals surface area contributed by atoms with E-state index in [0.717, 1.165) is 35.1 Å². The van der Waals surface area contributed by atoms with Gasteiger partial charge >= 0.3 is 12.1 Å². The van der Waals surface area contributed by atoms with Gasteiger partial charge in [0.05, 0.1) is 0 Å². The van der Waals surface area contributed by atoms with Crippen molar-refractivity contribution in [1.29, 1.82) is 0 Å². The van der Waals surface area contributed by atoms with Gasteiger partial charge in [-0.15, -0.1) is 0 Å². The summed E-state index contributed by atoms with van der Waals surface area (Å²) in [4.78, 5) is 36.9. The first-order valence-corrected chi connectivity index (χ1v) is 12.5. The van der Waals surface area contributed by atoms with Crippen molar-refractivity contribution in [2.45, 2.75) is 70.9 Å². The standard InChI is InChI=1S/C28H36N2O5/c1-4-6-11-19(16-25(31)30-26(27(32)33)18(3)5-2)29-28(34)35-17-24-22-14-9-7-12-20(22)21-13-8-10-15-23(21)24/h7-10,12-15,18-19,24,26H,4-6,11,16-17H2,1-3H3,(H,29,34)(H,30,31)(H,32,33)/t18?,19-,26?/m0/s1. The van der Waals surface area contributed by atoms with Gasteiger partial charge in [-0.25, -0.2) is 9.59 Å². The van der Waals surface area contributed by atoms with Gasteiger partial charge in [0.25, 0.3) is 0 Å². The number of rotatable bonds is 12. The Morgan fingerprint density at radius 2 is 1.57 bits per heavy atom. The molecule has 0 aliphatic heterocycles. The smallest absolute Gasteiger partial charge is 0.407 e. The third-order valence-electron chi connectivity index (χ3n) is 6.80. The number of unbranched alkanes of at least 4 members (excludes halogenated alkanes) is 1. The molecule has 3 atom stereocenters. The van der Waals surface area contributed by atoms with E-state index in [9.17, 15) is 19.5 Å². The first-order valence-electron chi connectivity index (χ1n) is 12.5. The second kappa shape index (κ2) is 12.4. The van der Waals surface area contributed by atoms with Gasteiger partial charge < -0.3 is 20.5 Å². The maximum absolute atomic E-state index is 12.7. The van der Waals surface area contributed by atoms with E-state index in [1.807, 2.05) is 38.1 Å². The van der Waals surface area contributed by atoms with Crippen LogP contribution in [0.25, 0.3) is 11.1 Å². The van der Waals surface area contributed by atoms with Crippen molar-refractivity contribution in [2.75, 3.05) is 6.61 Å². The lowest BCUT2D eigenvalue weighted by Crippen LogP contribution is -2.47. The number of ether oxygens (including phenoxy) is 1. The number of fused-ring (bicyclic) bond motifs is 3. The molecule has 0 spiro atoms. The van der Waals surface area contributed by atoms with Crippen molar-refractivity contribution in [2.24, 2.45) is 5.92 Å². The summed E-state index contributed by atoms with van der Waals surface area (Å²) in [6.07, 6.45) is 2.41. The molecule has 0 aromatic heterocycles. The topological polar surface area (TPSA) is 105 Å². The Kier molecular flexibility index (Phi) is 9.29. The Morgan fingerprint density at radius 3 is 2.11 bits per heavy atom. The molecule has 7 heteroatoms. The predicted molar refractivity (Wildman–Crippen MR) is 135 cm³/mol. The summed E-state index contributed by atoms with van der Waals surface area (Å²) in [5, 5.41) is 14.9. The average Bonchev–Trinajstić information content (AvgIpc) is 3.17. The first-order chi connectivity index (χ1) is 16.8. The molecule has 0 radical (unpaired) electrons. The third-order valence-corrected chi connectivity index (χ3v) is 6.80. The molecule has 35 heavy (non-hydrogen) atoms. The predicted octanol–water partition coefficient (Wildman–Crippen LogP) is 5.09. The lowest BCUT2D eigenvalue weighted by molar-refractivity contribution is -0.143. The van der Waals surface area contributed by atoms with Crippen LogP contribution in [0, 0.1) is 5.92 Å². The van der Waals surface area contributed by atoms with E-state index < -0.39 is 30.1 Å². The zero-order valence-corrected chi connectivity index (χ0v) is 20.8. The molecule has 188 valence electrons. The van der Waals surface area contributed by atoms with E-state index in [1.165, 1.54) is 0 Å². The molecule has 0 saturated heterocycles. The maximum Gasteiger partial charge on any atom is 0.407 e. The van der Waals surface area contributed by atoms with Crippen molar-refractivity contribution in [3.05, 3.63) is 59.7 Å². The maximum atomic E-state index is 12.7. The van der Waals surface area contributed by atoms with Crippen LogP contribution in [0.3, 0.4) is 0 Å². The van der Waals surface area contributed by atoms with Gasteiger partial charge in [-0.05, 0) is 34.6 Å². The van der Waals surface area contributed by atoms with Gasteiger partial charge in [0, 0.05) is 18.4 Å². The first kappa shape index (κ1) is 26.3. The molecule has 0 heterocycles. The Bertz CT molecular complexity index is 992. The number of aliphatic carboxylic acids is 1. The highest BCUT2D eigenvalue weighted by Crippen LogP contribution is 2.44. The van der Waals surface area contributed by atoms with Gasteiger partial charge in [0.2, 0.25) is 5.91 Å². The molecule has 1 aliphatic rings. The summed E-state index contributed by atoms with van der Waals surface area (Å²) in [5.74, 6) is -1.68. The van der Waals surface area contributed by atoms with E-state index >= 15 is 0 Å². The van der Waals surface area contributed by atoms with Gasteiger partial charge in [0.15, 0.2) is 0 Å². The molecule has 3 rings (SSSR count). The molecular formula is C28H36N2O5. The summed E-state index contributed by atoms with van der Waals surface area (Å²) >= 11 is 0. The summed E-state index contributed by atoms with van der Waals surface area (Å²) in [7, 11) is 0. The number of nitrogens with one attached hydrogen (secondary N) is 2. The molecule has 2 aromatic carbocycles. The number of amides is 2. The lowest BCUT2D eigenvalue weighted by Gasteiger charge is -2.23. The fourth-order valence-electron chi connectivity index (χ4n) is 4.62. The van der Waals surface area contributed by atoms with Crippen LogP contribution in [0.4, 0.5) is 4.79 Å². The molecule has 3 N–H and O–H groups in total. The highest BCUT2D eigenvalue weighted by Gasteiger charge is 2.30. The Hall–Kier alpha value is -3.35.